The molecular weight excluding hydrogens is 508 g/mol. The summed E-state index contributed by atoms with van der Waals surface area (Å²) in [5.41, 5.74) is 1.63. The number of amidine groups is 1. The molecule has 0 aromatic heterocycles. The van der Waals surface area contributed by atoms with Crippen LogP contribution in [0, 0.1) is 28.9 Å². The predicted molar refractivity (Wildman–Crippen MR) is 150 cm³/mol. The molecule has 0 bridgehead atoms. The van der Waals surface area contributed by atoms with E-state index in [1.165, 1.54) is 24.3 Å². The van der Waals surface area contributed by atoms with Gasteiger partial charge in [0, 0.05) is 44.3 Å². The van der Waals surface area contributed by atoms with E-state index in [1.807, 2.05) is 29.2 Å². The fraction of sp³-hybridized carbons (Fsp3) is 0.344. The van der Waals surface area contributed by atoms with Gasteiger partial charge in [0.25, 0.3) is 5.91 Å². The molecule has 1 amide bonds. The summed E-state index contributed by atoms with van der Waals surface area (Å²) in [5.74, 6) is 0.113. The molecule has 3 aromatic carbocycles. The number of carbonyl (C=O) groups excluding carboxylic acids is 1. The van der Waals surface area contributed by atoms with E-state index in [2.05, 4.69) is 15.9 Å². The second kappa shape index (κ2) is 10.8. The van der Waals surface area contributed by atoms with E-state index in [0.29, 0.717) is 23.2 Å². The van der Waals surface area contributed by atoms with Crippen molar-refractivity contribution in [1.29, 1.82) is 5.26 Å². The van der Waals surface area contributed by atoms with E-state index in [4.69, 9.17) is 10.3 Å². The molecule has 6 nitrogen and oxygen atoms in total. The van der Waals surface area contributed by atoms with Gasteiger partial charge < -0.3 is 4.90 Å². The van der Waals surface area contributed by atoms with Crippen LogP contribution in [0.4, 0.5) is 14.5 Å². The lowest BCUT2D eigenvalue weighted by Crippen LogP contribution is -2.47. The lowest BCUT2D eigenvalue weighted by atomic mass is 9.82. The van der Waals surface area contributed by atoms with Gasteiger partial charge in [-0.1, -0.05) is 24.3 Å². The molecule has 2 heterocycles. The van der Waals surface area contributed by atoms with Crippen molar-refractivity contribution in [2.45, 2.75) is 24.8 Å². The average molecular weight is 540 g/mol. The van der Waals surface area contributed by atoms with Crippen molar-refractivity contribution in [3.63, 3.8) is 0 Å². The van der Waals surface area contributed by atoms with Crippen LogP contribution >= 0.6 is 0 Å². The lowest BCUT2D eigenvalue weighted by Gasteiger charge is -2.36. The number of nitrogens with zero attached hydrogens (tertiary/aromatic N) is 5. The molecule has 0 unspecified atom stereocenters. The maximum Gasteiger partial charge on any atom is 0.265 e. The number of nitriles is 1. The van der Waals surface area contributed by atoms with Crippen LogP contribution in [-0.2, 0) is 10.3 Å². The van der Waals surface area contributed by atoms with E-state index < -0.39 is 5.54 Å². The lowest BCUT2D eigenvalue weighted by molar-refractivity contribution is -0.130. The first-order valence-electron chi connectivity index (χ1n) is 13.9. The molecule has 3 aromatic rings. The third kappa shape index (κ3) is 4.98. The Morgan fingerprint density at radius 3 is 1.93 bits per heavy atom. The molecule has 0 radical (unpaired) electrons. The summed E-state index contributed by atoms with van der Waals surface area (Å²) in [6, 6.07) is 21.7. The summed E-state index contributed by atoms with van der Waals surface area (Å²) >= 11 is 0. The van der Waals surface area contributed by atoms with Gasteiger partial charge in [0.2, 0.25) is 0 Å². The molecular formula is C32H31F2N5O. The average Bonchev–Trinajstić information content (AvgIpc) is 3.79. The van der Waals surface area contributed by atoms with Crippen molar-refractivity contribution in [1.82, 2.24) is 9.80 Å². The minimum Gasteiger partial charge on any atom is -0.369 e. The topological polar surface area (TPSA) is 62.9 Å². The first kappa shape index (κ1) is 26.1. The summed E-state index contributed by atoms with van der Waals surface area (Å²) < 4.78 is 27.7. The number of hydrogen-bond donors (Lipinski definition) is 0. The van der Waals surface area contributed by atoms with E-state index in [-0.39, 0.29) is 23.5 Å². The molecule has 40 heavy (non-hydrogen) atoms. The monoisotopic (exact) mass is 539 g/mol. The summed E-state index contributed by atoms with van der Waals surface area (Å²) in [6.45, 7) is 5.07. The molecule has 2 fully saturated rings. The number of hydrogen-bond acceptors (Lipinski definition) is 5. The summed E-state index contributed by atoms with van der Waals surface area (Å²) in [5, 5.41) is 9.04. The third-order valence-electron chi connectivity index (χ3n) is 8.17. The van der Waals surface area contributed by atoms with Gasteiger partial charge in [0.15, 0.2) is 5.54 Å². The fourth-order valence-corrected chi connectivity index (χ4v) is 5.80. The zero-order valence-electron chi connectivity index (χ0n) is 22.3. The molecule has 6 rings (SSSR count). The van der Waals surface area contributed by atoms with Gasteiger partial charge in [-0.2, -0.15) is 5.26 Å². The predicted octanol–water partition coefficient (Wildman–Crippen LogP) is 4.94. The molecule has 1 saturated carbocycles. The van der Waals surface area contributed by atoms with E-state index in [9.17, 15) is 13.6 Å². The quantitative estimate of drug-likeness (QED) is 0.407. The van der Waals surface area contributed by atoms with Gasteiger partial charge in [0.1, 0.15) is 17.5 Å². The molecule has 0 atom stereocenters. The molecule has 1 saturated heterocycles. The Labute approximate surface area is 233 Å². The second-order valence-corrected chi connectivity index (χ2v) is 10.8. The minimum absolute atomic E-state index is 0.154. The van der Waals surface area contributed by atoms with Crippen LogP contribution in [0.1, 0.15) is 36.0 Å². The highest BCUT2D eigenvalue weighted by atomic mass is 19.1. The van der Waals surface area contributed by atoms with Crippen molar-refractivity contribution in [2.75, 3.05) is 44.2 Å². The number of carbonyl (C=O) groups is 1. The standard InChI is InChI=1S/C32H31F2N5O/c33-27-10-6-25(7-11-27)32(26-8-12-28(34)13-9-26)31(40)39(30(36-32)24-4-5-24)17-1-16-37-18-20-38(21-19-37)29-14-2-23(22-35)3-15-29/h2-3,6-15,24H,1,4-5,16-21H2. The number of rotatable bonds is 8. The molecule has 0 spiro atoms. The Kier molecular flexibility index (Phi) is 7.07. The smallest absolute Gasteiger partial charge is 0.265 e. The number of halogens is 2. The van der Waals surface area contributed by atoms with E-state index >= 15 is 0 Å². The SMILES string of the molecule is N#Cc1ccc(N2CCN(CCCN3C(=O)C(c4ccc(F)cc4)(c4ccc(F)cc4)N=C3C3CC3)CC2)cc1. The molecule has 0 N–H and O–H groups in total. The molecule has 8 heteroatoms. The molecule has 1 aliphatic carbocycles. The van der Waals surface area contributed by atoms with Gasteiger partial charge in [-0.15, -0.1) is 0 Å². The Hall–Kier alpha value is -4.09. The van der Waals surface area contributed by atoms with Crippen molar-refractivity contribution >= 4 is 17.4 Å². The number of benzene rings is 3. The highest BCUT2D eigenvalue weighted by molar-refractivity contribution is 6.11. The number of piperazine rings is 1. The number of anilines is 1. The second-order valence-electron chi connectivity index (χ2n) is 10.8. The minimum atomic E-state index is -1.34. The largest absolute Gasteiger partial charge is 0.369 e. The zero-order valence-corrected chi connectivity index (χ0v) is 22.3. The van der Waals surface area contributed by atoms with Crippen LogP contribution in [-0.4, -0.2) is 60.8 Å². The van der Waals surface area contributed by atoms with Crippen molar-refractivity contribution in [3.8, 4) is 6.07 Å². The highest BCUT2D eigenvalue weighted by Crippen LogP contribution is 2.45. The number of amides is 1. The Morgan fingerprint density at radius 2 is 1.40 bits per heavy atom. The van der Waals surface area contributed by atoms with Crippen molar-refractivity contribution in [3.05, 3.63) is 101 Å². The van der Waals surface area contributed by atoms with Gasteiger partial charge in [0.05, 0.1) is 11.6 Å². The van der Waals surface area contributed by atoms with Gasteiger partial charge >= 0.3 is 0 Å². The van der Waals surface area contributed by atoms with Crippen molar-refractivity contribution in [2.24, 2.45) is 10.9 Å². The number of aliphatic imine (C=N–C) groups is 1. The van der Waals surface area contributed by atoms with Gasteiger partial charge in [-0.25, -0.2) is 13.8 Å². The third-order valence-corrected chi connectivity index (χ3v) is 8.17. The van der Waals surface area contributed by atoms with Gasteiger partial charge in [-0.3, -0.25) is 14.6 Å². The Morgan fingerprint density at radius 1 is 0.825 bits per heavy atom. The molecule has 3 aliphatic rings. The first-order valence-corrected chi connectivity index (χ1v) is 13.9. The van der Waals surface area contributed by atoms with Crippen LogP contribution in [0.5, 0.6) is 0 Å². The first-order chi connectivity index (χ1) is 19.5. The highest BCUT2D eigenvalue weighted by Gasteiger charge is 2.53. The molecule has 2 aliphatic heterocycles. The van der Waals surface area contributed by atoms with Crippen molar-refractivity contribution < 1.29 is 13.6 Å². The fourth-order valence-electron chi connectivity index (χ4n) is 5.80. The van der Waals surface area contributed by atoms with Crippen LogP contribution < -0.4 is 4.90 Å². The van der Waals surface area contributed by atoms with Crippen LogP contribution in [0.2, 0.25) is 0 Å². The Bertz CT molecular complexity index is 1390. The molecule has 204 valence electrons. The van der Waals surface area contributed by atoms with E-state index in [0.717, 1.165) is 63.5 Å². The normalized spacial score (nSPS) is 19.0. The maximum absolute atomic E-state index is 14.3. The zero-order chi connectivity index (χ0) is 27.7. The van der Waals surface area contributed by atoms with Crippen LogP contribution in [0.3, 0.4) is 0 Å². The Balaban J connectivity index is 1.16. The van der Waals surface area contributed by atoms with Crippen LogP contribution in [0.25, 0.3) is 0 Å². The maximum atomic E-state index is 14.3. The summed E-state index contributed by atoms with van der Waals surface area (Å²) in [4.78, 5) is 25.9. The van der Waals surface area contributed by atoms with E-state index in [1.54, 1.807) is 24.3 Å². The van der Waals surface area contributed by atoms with Gasteiger partial charge in [-0.05, 0) is 85.5 Å². The van der Waals surface area contributed by atoms with Crippen LogP contribution in [0.15, 0.2) is 77.8 Å². The summed E-state index contributed by atoms with van der Waals surface area (Å²) in [7, 11) is 0. The summed E-state index contributed by atoms with van der Waals surface area (Å²) in [6.07, 6.45) is 2.78.